The Morgan fingerprint density at radius 2 is 1.89 bits per heavy atom. The van der Waals surface area contributed by atoms with Crippen molar-refractivity contribution in [2.45, 2.75) is 18.8 Å². The molecule has 0 unspecified atom stereocenters. The SMILES string of the molecule is FC(F)(F)Oc1ccc(Cn2ccnc2CCl)cc1. The van der Waals surface area contributed by atoms with Crippen LogP contribution >= 0.6 is 11.6 Å². The lowest BCUT2D eigenvalue weighted by molar-refractivity contribution is -0.274. The van der Waals surface area contributed by atoms with E-state index >= 15 is 0 Å². The lowest BCUT2D eigenvalue weighted by Crippen LogP contribution is -2.17. The van der Waals surface area contributed by atoms with Gasteiger partial charge in [0.05, 0.1) is 5.88 Å². The van der Waals surface area contributed by atoms with Crippen molar-refractivity contribution in [3.63, 3.8) is 0 Å². The predicted molar refractivity (Wildman–Crippen MR) is 64.0 cm³/mol. The fourth-order valence-electron chi connectivity index (χ4n) is 1.61. The normalized spacial score (nSPS) is 11.6. The van der Waals surface area contributed by atoms with Crippen LogP contribution < -0.4 is 4.74 Å². The summed E-state index contributed by atoms with van der Waals surface area (Å²) in [6, 6.07) is 5.69. The summed E-state index contributed by atoms with van der Waals surface area (Å²) in [5.41, 5.74) is 0.832. The van der Waals surface area contributed by atoms with E-state index in [1.807, 2.05) is 4.57 Å². The molecule has 0 atom stereocenters. The van der Waals surface area contributed by atoms with Gasteiger partial charge in [0.2, 0.25) is 0 Å². The fourth-order valence-corrected chi connectivity index (χ4v) is 1.83. The summed E-state index contributed by atoms with van der Waals surface area (Å²) in [6.07, 6.45) is -1.28. The zero-order valence-electron chi connectivity index (χ0n) is 9.69. The van der Waals surface area contributed by atoms with Crippen LogP contribution in [0.2, 0.25) is 0 Å². The minimum Gasteiger partial charge on any atom is -0.406 e. The maximum absolute atomic E-state index is 12.0. The average Bonchev–Trinajstić information content (AvgIpc) is 2.77. The molecule has 0 saturated heterocycles. The molecule has 0 spiro atoms. The summed E-state index contributed by atoms with van der Waals surface area (Å²) in [5.74, 6) is 0.749. The Morgan fingerprint density at radius 1 is 1.21 bits per heavy atom. The van der Waals surface area contributed by atoms with Crippen molar-refractivity contribution in [2.75, 3.05) is 0 Å². The summed E-state index contributed by atoms with van der Waals surface area (Å²) in [5, 5.41) is 0. The van der Waals surface area contributed by atoms with E-state index in [0.29, 0.717) is 12.4 Å². The number of halogens is 4. The van der Waals surface area contributed by atoms with Crippen molar-refractivity contribution in [1.82, 2.24) is 9.55 Å². The standard InChI is InChI=1S/C12H10ClF3N2O/c13-7-11-17-5-6-18(11)8-9-1-3-10(4-2-9)19-12(14,15)16/h1-6H,7-8H2. The van der Waals surface area contributed by atoms with Gasteiger partial charge in [0.1, 0.15) is 11.6 Å². The second kappa shape index (κ2) is 5.52. The fraction of sp³-hybridized carbons (Fsp3) is 0.250. The highest BCUT2D eigenvalue weighted by Gasteiger charge is 2.30. The van der Waals surface area contributed by atoms with E-state index in [2.05, 4.69) is 9.72 Å². The van der Waals surface area contributed by atoms with E-state index in [4.69, 9.17) is 11.6 Å². The smallest absolute Gasteiger partial charge is 0.406 e. The molecule has 0 aliphatic heterocycles. The number of alkyl halides is 4. The molecule has 3 nitrogen and oxygen atoms in total. The topological polar surface area (TPSA) is 27.1 Å². The zero-order chi connectivity index (χ0) is 13.9. The number of hydrogen-bond acceptors (Lipinski definition) is 2. The minimum atomic E-state index is -4.67. The van der Waals surface area contributed by atoms with Crippen LogP contribution in [-0.2, 0) is 12.4 Å². The van der Waals surface area contributed by atoms with Crippen LogP contribution in [0.3, 0.4) is 0 Å². The van der Waals surface area contributed by atoms with E-state index in [9.17, 15) is 13.2 Å². The molecular weight excluding hydrogens is 281 g/mol. The number of hydrogen-bond donors (Lipinski definition) is 0. The third-order valence-electron chi connectivity index (χ3n) is 2.43. The number of benzene rings is 1. The summed E-state index contributed by atoms with van der Waals surface area (Å²) in [6.45, 7) is 0.494. The number of aromatic nitrogens is 2. The van der Waals surface area contributed by atoms with Gasteiger partial charge in [-0.3, -0.25) is 0 Å². The molecule has 102 valence electrons. The summed E-state index contributed by atoms with van der Waals surface area (Å²) in [7, 11) is 0. The molecule has 0 radical (unpaired) electrons. The highest BCUT2D eigenvalue weighted by Crippen LogP contribution is 2.23. The summed E-state index contributed by atoms with van der Waals surface area (Å²) < 4.78 is 41.6. The van der Waals surface area contributed by atoms with Crippen molar-refractivity contribution < 1.29 is 17.9 Å². The molecule has 0 aliphatic rings. The molecule has 2 aromatic rings. The monoisotopic (exact) mass is 290 g/mol. The van der Waals surface area contributed by atoms with Gasteiger partial charge < -0.3 is 9.30 Å². The largest absolute Gasteiger partial charge is 0.573 e. The minimum absolute atomic E-state index is 0.237. The lowest BCUT2D eigenvalue weighted by atomic mass is 10.2. The van der Waals surface area contributed by atoms with Crippen LogP contribution in [0.1, 0.15) is 11.4 Å². The highest BCUT2D eigenvalue weighted by atomic mass is 35.5. The van der Waals surface area contributed by atoms with Crippen LogP contribution in [0.4, 0.5) is 13.2 Å². The Bertz CT molecular complexity index is 537. The average molecular weight is 291 g/mol. The molecule has 0 N–H and O–H groups in total. The van der Waals surface area contributed by atoms with E-state index in [0.717, 1.165) is 5.56 Å². The predicted octanol–water partition coefficient (Wildman–Crippen LogP) is 3.57. The third kappa shape index (κ3) is 3.89. The van der Waals surface area contributed by atoms with Crippen molar-refractivity contribution in [3.8, 4) is 5.75 Å². The molecule has 0 aliphatic carbocycles. The van der Waals surface area contributed by atoms with Gasteiger partial charge in [-0.1, -0.05) is 12.1 Å². The summed E-state index contributed by atoms with van der Waals surface area (Å²) in [4.78, 5) is 4.05. The van der Waals surface area contributed by atoms with Gasteiger partial charge >= 0.3 is 6.36 Å². The molecule has 0 bridgehead atoms. The van der Waals surface area contributed by atoms with E-state index < -0.39 is 6.36 Å². The lowest BCUT2D eigenvalue weighted by Gasteiger charge is -2.10. The molecule has 0 amide bonds. The molecule has 1 aromatic carbocycles. The molecule has 2 rings (SSSR count). The van der Waals surface area contributed by atoms with E-state index in [-0.39, 0.29) is 11.6 Å². The number of imidazole rings is 1. The molecule has 0 saturated carbocycles. The van der Waals surface area contributed by atoms with Crippen molar-refractivity contribution in [3.05, 3.63) is 48.0 Å². The maximum Gasteiger partial charge on any atom is 0.573 e. The van der Waals surface area contributed by atoms with E-state index in [1.54, 1.807) is 24.5 Å². The molecule has 1 heterocycles. The third-order valence-corrected chi connectivity index (χ3v) is 2.67. The zero-order valence-corrected chi connectivity index (χ0v) is 10.4. The highest BCUT2D eigenvalue weighted by molar-refractivity contribution is 6.16. The van der Waals surface area contributed by atoms with Crippen LogP contribution in [0.25, 0.3) is 0 Å². The first-order valence-electron chi connectivity index (χ1n) is 5.38. The molecule has 19 heavy (non-hydrogen) atoms. The van der Waals surface area contributed by atoms with Gasteiger partial charge in [0, 0.05) is 18.9 Å². The van der Waals surface area contributed by atoms with E-state index in [1.165, 1.54) is 12.1 Å². The van der Waals surface area contributed by atoms with Crippen molar-refractivity contribution in [2.24, 2.45) is 0 Å². The number of ether oxygens (including phenoxy) is 1. The molecule has 0 fully saturated rings. The Balaban J connectivity index is 2.07. The van der Waals surface area contributed by atoms with Gasteiger partial charge in [-0.25, -0.2) is 4.98 Å². The quantitative estimate of drug-likeness (QED) is 0.805. The first-order valence-corrected chi connectivity index (χ1v) is 5.92. The Kier molecular flexibility index (Phi) is 3.99. The Hall–Kier alpha value is -1.69. The van der Waals surface area contributed by atoms with Gasteiger partial charge in [-0.05, 0) is 17.7 Å². The Morgan fingerprint density at radius 3 is 2.47 bits per heavy atom. The second-order valence-electron chi connectivity index (χ2n) is 3.80. The van der Waals surface area contributed by atoms with Crippen LogP contribution in [0.15, 0.2) is 36.7 Å². The van der Waals surface area contributed by atoms with Crippen LogP contribution in [0, 0.1) is 0 Å². The second-order valence-corrected chi connectivity index (χ2v) is 4.06. The van der Waals surface area contributed by atoms with Gasteiger partial charge in [0.25, 0.3) is 0 Å². The first kappa shape index (κ1) is 13.7. The molecular formula is C12H10ClF3N2O. The van der Waals surface area contributed by atoms with Crippen molar-refractivity contribution in [1.29, 1.82) is 0 Å². The van der Waals surface area contributed by atoms with Gasteiger partial charge in [0.15, 0.2) is 0 Å². The first-order chi connectivity index (χ1) is 8.98. The molecule has 7 heteroatoms. The van der Waals surface area contributed by atoms with Crippen molar-refractivity contribution >= 4 is 11.6 Å². The summed E-state index contributed by atoms with van der Waals surface area (Å²) >= 11 is 5.71. The van der Waals surface area contributed by atoms with Crippen LogP contribution in [-0.4, -0.2) is 15.9 Å². The maximum atomic E-state index is 12.0. The Labute approximate surface area is 112 Å². The molecule has 1 aromatic heterocycles. The number of nitrogens with zero attached hydrogens (tertiary/aromatic N) is 2. The van der Waals surface area contributed by atoms with Crippen LogP contribution in [0.5, 0.6) is 5.75 Å². The van der Waals surface area contributed by atoms with Gasteiger partial charge in [-0.15, -0.1) is 24.8 Å². The number of rotatable bonds is 4. The van der Waals surface area contributed by atoms with Gasteiger partial charge in [-0.2, -0.15) is 0 Å².